The lowest BCUT2D eigenvalue weighted by atomic mass is 10.0. The average molecular weight is 460 g/mol. The van der Waals surface area contributed by atoms with E-state index in [-0.39, 0.29) is 24.0 Å². The Morgan fingerprint density at radius 1 is 1.27 bits per heavy atom. The monoisotopic (exact) mass is 459 g/mol. The van der Waals surface area contributed by atoms with Crippen molar-refractivity contribution in [2.24, 2.45) is 5.92 Å². The second kappa shape index (κ2) is 10.7. The van der Waals surface area contributed by atoms with Crippen LogP contribution in [0.25, 0.3) is 0 Å². The fourth-order valence-electron chi connectivity index (χ4n) is 3.68. The van der Waals surface area contributed by atoms with Crippen molar-refractivity contribution in [3.63, 3.8) is 0 Å². The van der Waals surface area contributed by atoms with Crippen molar-refractivity contribution in [1.29, 1.82) is 0 Å². The standard InChI is InChI=1S/C23H33N5O5/c1-13-10-24-14(2)12-32-19-8-7-17(9-18(19)22(29)28(5)11-20(13)31-6)25-23(30)26-21-15(3)27-33-16(21)4/h7-9,13-14,20,24H,10-12H2,1-6H3,(H2,25,26,30)/t13-,14+,20-/m0/s1. The molecule has 180 valence electrons. The van der Waals surface area contributed by atoms with Crippen molar-refractivity contribution >= 4 is 23.3 Å². The second-order valence-electron chi connectivity index (χ2n) is 8.55. The molecule has 3 rings (SSSR count). The number of carbonyl (C=O) groups is 2. The molecule has 0 radical (unpaired) electrons. The van der Waals surface area contributed by atoms with Gasteiger partial charge in [0.2, 0.25) is 0 Å². The Kier molecular flexibility index (Phi) is 7.93. The lowest BCUT2D eigenvalue weighted by molar-refractivity contribution is 0.0281. The Balaban J connectivity index is 1.84. The topological polar surface area (TPSA) is 118 Å². The number of ether oxygens (including phenoxy) is 2. The number of urea groups is 1. The van der Waals surface area contributed by atoms with Gasteiger partial charge in [-0.1, -0.05) is 12.1 Å². The number of aromatic nitrogens is 1. The lowest BCUT2D eigenvalue weighted by Gasteiger charge is -2.30. The fourth-order valence-corrected chi connectivity index (χ4v) is 3.68. The van der Waals surface area contributed by atoms with Crippen LogP contribution in [0.1, 0.15) is 35.7 Å². The number of aryl methyl sites for hydroxylation is 2. The van der Waals surface area contributed by atoms with Gasteiger partial charge in [-0.05, 0) is 44.9 Å². The summed E-state index contributed by atoms with van der Waals surface area (Å²) in [5.41, 5.74) is 1.91. The molecule has 0 fully saturated rings. The molecule has 10 heteroatoms. The van der Waals surface area contributed by atoms with Crippen LogP contribution in [0, 0.1) is 19.8 Å². The number of hydrogen-bond donors (Lipinski definition) is 3. The van der Waals surface area contributed by atoms with Gasteiger partial charge in [-0.3, -0.25) is 4.79 Å². The molecule has 0 saturated heterocycles. The largest absolute Gasteiger partial charge is 0.491 e. The van der Waals surface area contributed by atoms with E-state index in [2.05, 4.69) is 28.0 Å². The zero-order valence-corrected chi connectivity index (χ0v) is 20.0. The van der Waals surface area contributed by atoms with E-state index in [0.29, 0.717) is 47.3 Å². The maximum atomic E-state index is 13.3. The molecule has 0 spiro atoms. The third-order valence-electron chi connectivity index (χ3n) is 5.75. The van der Waals surface area contributed by atoms with E-state index in [1.807, 2.05) is 6.92 Å². The number of likely N-dealkylation sites (N-methyl/N-ethyl adjacent to an activating group) is 1. The van der Waals surface area contributed by atoms with Gasteiger partial charge in [0.15, 0.2) is 5.76 Å². The number of fused-ring (bicyclic) bond motifs is 1. The zero-order valence-electron chi connectivity index (χ0n) is 20.0. The Labute approximate surface area is 194 Å². The minimum atomic E-state index is -0.467. The predicted octanol–water partition coefficient (Wildman–Crippen LogP) is 3.03. The fraction of sp³-hybridized carbons (Fsp3) is 0.522. The Hall–Kier alpha value is -3.11. The zero-order chi connectivity index (χ0) is 24.1. The summed E-state index contributed by atoms with van der Waals surface area (Å²) < 4.78 is 16.7. The summed E-state index contributed by atoms with van der Waals surface area (Å²) in [4.78, 5) is 27.5. The van der Waals surface area contributed by atoms with Crippen molar-refractivity contribution in [3.05, 3.63) is 35.2 Å². The lowest BCUT2D eigenvalue weighted by Crippen LogP contribution is -2.44. The molecular formula is C23H33N5O5. The first-order valence-electron chi connectivity index (χ1n) is 11.0. The molecule has 0 unspecified atom stereocenters. The number of nitrogens with zero attached hydrogens (tertiary/aromatic N) is 2. The molecule has 1 aromatic carbocycles. The van der Waals surface area contributed by atoms with Crippen LogP contribution in [0.3, 0.4) is 0 Å². The molecule has 3 atom stereocenters. The SMILES string of the molecule is CO[C@H]1CN(C)C(=O)c2cc(NC(=O)Nc3c(C)noc3C)ccc2OC[C@@H](C)NC[C@@H]1C. The molecule has 10 nitrogen and oxygen atoms in total. The van der Waals surface area contributed by atoms with Crippen LogP contribution < -0.4 is 20.7 Å². The molecule has 3 N–H and O–H groups in total. The molecule has 0 aliphatic carbocycles. The maximum Gasteiger partial charge on any atom is 0.323 e. The maximum absolute atomic E-state index is 13.3. The van der Waals surface area contributed by atoms with Crippen molar-refractivity contribution in [1.82, 2.24) is 15.4 Å². The number of benzene rings is 1. The van der Waals surface area contributed by atoms with Gasteiger partial charge in [-0.15, -0.1) is 0 Å². The van der Waals surface area contributed by atoms with Crippen LogP contribution in [0.15, 0.2) is 22.7 Å². The van der Waals surface area contributed by atoms with Gasteiger partial charge in [-0.2, -0.15) is 0 Å². The number of rotatable bonds is 3. The van der Waals surface area contributed by atoms with E-state index in [1.165, 1.54) is 0 Å². The van der Waals surface area contributed by atoms with Crippen molar-refractivity contribution in [2.45, 2.75) is 39.8 Å². The first-order chi connectivity index (χ1) is 15.7. The Morgan fingerprint density at radius 3 is 2.70 bits per heavy atom. The van der Waals surface area contributed by atoms with Crippen LogP contribution in [0.4, 0.5) is 16.2 Å². The van der Waals surface area contributed by atoms with Gasteiger partial charge in [-0.25, -0.2) is 4.79 Å². The molecule has 33 heavy (non-hydrogen) atoms. The van der Waals surface area contributed by atoms with Gasteiger partial charge >= 0.3 is 6.03 Å². The van der Waals surface area contributed by atoms with E-state index in [9.17, 15) is 9.59 Å². The molecule has 1 aliphatic rings. The van der Waals surface area contributed by atoms with Crippen LogP contribution in [-0.4, -0.2) is 68.0 Å². The highest BCUT2D eigenvalue weighted by atomic mass is 16.5. The van der Waals surface area contributed by atoms with E-state index in [0.717, 1.165) is 6.54 Å². The smallest absolute Gasteiger partial charge is 0.323 e. The van der Waals surface area contributed by atoms with Gasteiger partial charge < -0.3 is 34.8 Å². The first-order valence-corrected chi connectivity index (χ1v) is 11.0. The molecular weight excluding hydrogens is 426 g/mol. The molecule has 1 aliphatic heterocycles. The Morgan fingerprint density at radius 2 is 2.03 bits per heavy atom. The summed E-state index contributed by atoms with van der Waals surface area (Å²) in [5.74, 6) is 0.956. The molecule has 2 heterocycles. The average Bonchev–Trinajstić information content (AvgIpc) is 3.10. The van der Waals surface area contributed by atoms with Crippen molar-refractivity contribution in [3.8, 4) is 5.75 Å². The molecule has 1 aromatic heterocycles. The molecule has 2 aromatic rings. The van der Waals surface area contributed by atoms with Crippen LogP contribution in [0.5, 0.6) is 5.75 Å². The van der Waals surface area contributed by atoms with E-state index in [4.69, 9.17) is 14.0 Å². The van der Waals surface area contributed by atoms with E-state index in [1.54, 1.807) is 51.1 Å². The molecule has 0 saturated carbocycles. The number of amides is 3. The van der Waals surface area contributed by atoms with E-state index < -0.39 is 6.03 Å². The first kappa shape index (κ1) is 24.5. The van der Waals surface area contributed by atoms with Crippen LogP contribution >= 0.6 is 0 Å². The van der Waals surface area contributed by atoms with Gasteiger partial charge in [0.25, 0.3) is 5.91 Å². The molecule has 3 amide bonds. The predicted molar refractivity (Wildman–Crippen MR) is 125 cm³/mol. The summed E-state index contributed by atoms with van der Waals surface area (Å²) in [7, 11) is 3.39. The second-order valence-corrected chi connectivity index (χ2v) is 8.55. The number of carbonyl (C=O) groups excluding carboxylic acids is 2. The van der Waals surface area contributed by atoms with Crippen LogP contribution in [-0.2, 0) is 4.74 Å². The quantitative estimate of drug-likeness (QED) is 0.646. The Bertz CT molecular complexity index is 972. The number of hydrogen-bond acceptors (Lipinski definition) is 7. The summed E-state index contributed by atoms with van der Waals surface area (Å²) in [6, 6.07) is 4.63. The highest BCUT2D eigenvalue weighted by Gasteiger charge is 2.25. The normalized spacial score (nSPS) is 21.9. The summed E-state index contributed by atoms with van der Waals surface area (Å²) in [5, 5.41) is 12.8. The number of methoxy groups -OCH3 is 1. The summed E-state index contributed by atoms with van der Waals surface area (Å²) in [6.07, 6.45) is -0.121. The number of anilines is 2. The third-order valence-corrected chi connectivity index (χ3v) is 5.75. The number of nitrogens with one attached hydrogen (secondary N) is 3. The third kappa shape index (κ3) is 6.02. The highest BCUT2D eigenvalue weighted by Crippen LogP contribution is 2.26. The highest BCUT2D eigenvalue weighted by molar-refractivity contribution is 6.02. The van der Waals surface area contributed by atoms with E-state index >= 15 is 0 Å². The van der Waals surface area contributed by atoms with Crippen molar-refractivity contribution in [2.75, 3.05) is 44.5 Å². The minimum Gasteiger partial charge on any atom is -0.491 e. The summed E-state index contributed by atoms with van der Waals surface area (Å²) >= 11 is 0. The molecule has 0 bridgehead atoms. The van der Waals surface area contributed by atoms with Crippen LogP contribution in [0.2, 0.25) is 0 Å². The van der Waals surface area contributed by atoms with Gasteiger partial charge in [0, 0.05) is 39.0 Å². The minimum absolute atomic E-state index is 0.0868. The van der Waals surface area contributed by atoms with Gasteiger partial charge in [0.1, 0.15) is 23.7 Å². The summed E-state index contributed by atoms with van der Waals surface area (Å²) in [6.45, 7) is 9.15. The van der Waals surface area contributed by atoms with Crippen molar-refractivity contribution < 1.29 is 23.6 Å². The van der Waals surface area contributed by atoms with Gasteiger partial charge in [0.05, 0.1) is 11.7 Å².